The Morgan fingerprint density at radius 2 is 1.68 bits per heavy atom. The van der Waals surface area contributed by atoms with Gasteiger partial charge >= 0.3 is 0 Å². The van der Waals surface area contributed by atoms with Crippen molar-refractivity contribution in [3.8, 4) is 0 Å². The summed E-state index contributed by atoms with van der Waals surface area (Å²) < 4.78 is 0. The molecule has 1 fully saturated rings. The number of rotatable bonds is 9. The summed E-state index contributed by atoms with van der Waals surface area (Å²) in [7, 11) is 0. The Balaban J connectivity index is 1.79. The molecular weight excluding hydrogens is 384 g/mol. The van der Waals surface area contributed by atoms with Gasteiger partial charge in [-0.05, 0) is 77.3 Å². The molecule has 0 bridgehead atoms. The molecule has 3 rings (SSSR count). The van der Waals surface area contributed by atoms with Gasteiger partial charge < -0.3 is 15.3 Å². The molecule has 168 valence electrons. The highest BCUT2D eigenvalue weighted by Crippen LogP contribution is 2.45. The first-order valence-electron chi connectivity index (χ1n) is 11.7. The summed E-state index contributed by atoms with van der Waals surface area (Å²) in [5, 5.41) is 29.1. The van der Waals surface area contributed by atoms with Crippen molar-refractivity contribution in [3.63, 3.8) is 0 Å². The fourth-order valence-electron chi connectivity index (χ4n) is 4.87. The molecule has 0 heterocycles. The molecule has 3 N–H and O–H groups in total. The smallest absolute Gasteiger partial charge is 0.0747 e. The lowest BCUT2D eigenvalue weighted by molar-refractivity contribution is 0.173. The minimum atomic E-state index is -0.415. The van der Waals surface area contributed by atoms with Crippen LogP contribution >= 0.6 is 0 Å². The Labute approximate surface area is 187 Å². The summed E-state index contributed by atoms with van der Waals surface area (Å²) >= 11 is 0. The van der Waals surface area contributed by atoms with Gasteiger partial charge in [-0.1, -0.05) is 75.2 Å². The molecule has 1 unspecified atom stereocenters. The summed E-state index contributed by atoms with van der Waals surface area (Å²) in [5.41, 5.74) is 6.93. The second-order valence-corrected chi connectivity index (χ2v) is 9.57. The molecule has 1 saturated carbocycles. The lowest BCUT2D eigenvalue weighted by atomic mass is 9.74. The second kappa shape index (κ2) is 10.6. The number of hydrogen-bond acceptors (Lipinski definition) is 3. The summed E-state index contributed by atoms with van der Waals surface area (Å²) in [5.74, 6) is 0.218. The minimum absolute atomic E-state index is 0.0332. The highest BCUT2D eigenvalue weighted by Gasteiger charge is 2.35. The van der Waals surface area contributed by atoms with Gasteiger partial charge in [0.25, 0.3) is 0 Å². The van der Waals surface area contributed by atoms with Crippen LogP contribution in [0.25, 0.3) is 6.08 Å². The van der Waals surface area contributed by atoms with E-state index in [0.717, 1.165) is 24.0 Å². The number of aryl methyl sites for hydroxylation is 2. The fourth-order valence-corrected chi connectivity index (χ4v) is 4.87. The Hall–Kier alpha value is -1.94. The number of aliphatic hydroxyl groups excluding tert-OH is 3. The van der Waals surface area contributed by atoms with Crippen LogP contribution in [0.2, 0.25) is 0 Å². The normalized spacial score (nSPS) is 17.0. The summed E-state index contributed by atoms with van der Waals surface area (Å²) in [6.45, 7) is 6.14. The van der Waals surface area contributed by atoms with Gasteiger partial charge in [0.15, 0.2) is 0 Å². The van der Waals surface area contributed by atoms with Crippen LogP contribution in [0.5, 0.6) is 0 Å². The largest absolute Gasteiger partial charge is 0.392 e. The van der Waals surface area contributed by atoms with E-state index in [4.69, 9.17) is 0 Å². The molecule has 0 saturated heterocycles. The zero-order valence-corrected chi connectivity index (χ0v) is 19.3. The van der Waals surface area contributed by atoms with Crippen molar-refractivity contribution in [1.82, 2.24) is 0 Å². The Kier molecular flexibility index (Phi) is 8.10. The van der Waals surface area contributed by atoms with Crippen molar-refractivity contribution in [2.24, 2.45) is 5.92 Å². The first-order valence-corrected chi connectivity index (χ1v) is 11.7. The van der Waals surface area contributed by atoms with Crippen molar-refractivity contribution >= 4 is 6.08 Å². The number of benzene rings is 2. The van der Waals surface area contributed by atoms with Crippen LogP contribution in [-0.4, -0.2) is 21.4 Å². The van der Waals surface area contributed by atoms with Crippen LogP contribution in [0.3, 0.4) is 0 Å². The van der Waals surface area contributed by atoms with E-state index in [1.165, 1.54) is 47.9 Å². The predicted octanol–water partition coefficient (Wildman–Crippen LogP) is 5.45. The summed E-state index contributed by atoms with van der Waals surface area (Å²) in [6, 6.07) is 12.9. The first kappa shape index (κ1) is 23.7. The third-order valence-corrected chi connectivity index (χ3v) is 7.10. The lowest BCUT2D eigenvalue weighted by Crippen LogP contribution is -2.23. The number of aliphatic hydroxyl groups is 3. The molecule has 0 spiro atoms. The molecule has 1 atom stereocenters. The van der Waals surface area contributed by atoms with Crippen molar-refractivity contribution in [3.05, 3.63) is 75.9 Å². The van der Waals surface area contributed by atoms with E-state index in [1.54, 1.807) is 0 Å². The first-order chi connectivity index (χ1) is 14.9. The van der Waals surface area contributed by atoms with Crippen molar-refractivity contribution in [1.29, 1.82) is 0 Å². The Morgan fingerprint density at radius 3 is 2.29 bits per heavy atom. The van der Waals surface area contributed by atoms with Crippen LogP contribution in [0.4, 0.5) is 0 Å². The zero-order valence-electron chi connectivity index (χ0n) is 19.3. The third-order valence-electron chi connectivity index (χ3n) is 7.10. The maximum absolute atomic E-state index is 10.1. The van der Waals surface area contributed by atoms with E-state index < -0.39 is 6.10 Å². The van der Waals surface area contributed by atoms with Crippen LogP contribution in [0, 0.1) is 12.8 Å². The van der Waals surface area contributed by atoms with Crippen LogP contribution in [-0.2, 0) is 25.0 Å². The molecule has 0 aliphatic heterocycles. The zero-order chi connectivity index (χ0) is 22.4. The van der Waals surface area contributed by atoms with Gasteiger partial charge in [0.05, 0.1) is 19.3 Å². The fraction of sp³-hybridized carbons (Fsp3) is 0.500. The van der Waals surface area contributed by atoms with Crippen molar-refractivity contribution in [2.75, 3.05) is 0 Å². The van der Waals surface area contributed by atoms with Gasteiger partial charge in [0.1, 0.15) is 0 Å². The Bertz CT molecular complexity index is 891. The standard InChI is InChI=1S/C28H38O3/c1-20(2)27(31)11-9-23-8-10-26(16-21(23)3)28(13-4-5-14-28)15-12-22-6-7-24(18-29)25(17-22)19-30/h6-11,16-17,20,27,29-31H,4-5,12-15,18-19H2,1-3H3/b11-9+. The Morgan fingerprint density at radius 1 is 0.968 bits per heavy atom. The topological polar surface area (TPSA) is 60.7 Å². The van der Waals surface area contributed by atoms with E-state index >= 15 is 0 Å². The maximum atomic E-state index is 10.1. The van der Waals surface area contributed by atoms with E-state index in [-0.39, 0.29) is 24.5 Å². The maximum Gasteiger partial charge on any atom is 0.0747 e. The predicted molar refractivity (Wildman–Crippen MR) is 128 cm³/mol. The van der Waals surface area contributed by atoms with Gasteiger partial charge in [-0.15, -0.1) is 0 Å². The van der Waals surface area contributed by atoms with E-state index in [1.807, 2.05) is 38.1 Å². The molecule has 0 amide bonds. The van der Waals surface area contributed by atoms with Gasteiger partial charge in [-0.25, -0.2) is 0 Å². The van der Waals surface area contributed by atoms with E-state index in [2.05, 4.69) is 31.2 Å². The molecule has 2 aromatic rings. The SMILES string of the molecule is Cc1cc(C2(CCc3ccc(CO)c(CO)c3)CCCC2)ccc1/C=C/C(O)C(C)C. The molecule has 1 aliphatic rings. The number of hydrogen-bond donors (Lipinski definition) is 3. The third kappa shape index (κ3) is 5.65. The molecule has 2 aromatic carbocycles. The summed E-state index contributed by atoms with van der Waals surface area (Å²) in [6.07, 6.45) is 10.6. The molecule has 3 nitrogen and oxygen atoms in total. The minimum Gasteiger partial charge on any atom is -0.392 e. The van der Waals surface area contributed by atoms with Gasteiger partial charge in [-0.3, -0.25) is 0 Å². The highest BCUT2D eigenvalue weighted by molar-refractivity contribution is 5.55. The monoisotopic (exact) mass is 422 g/mol. The summed E-state index contributed by atoms with van der Waals surface area (Å²) in [4.78, 5) is 0. The second-order valence-electron chi connectivity index (χ2n) is 9.57. The quantitative estimate of drug-likeness (QED) is 0.503. The van der Waals surface area contributed by atoms with Crippen molar-refractivity contribution < 1.29 is 15.3 Å². The van der Waals surface area contributed by atoms with Crippen LogP contribution in [0.15, 0.2) is 42.5 Å². The van der Waals surface area contributed by atoms with E-state index in [0.29, 0.717) is 0 Å². The lowest BCUT2D eigenvalue weighted by Gasteiger charge is -2.31. The molecule has 0 aromatic heterocycles. The van der Waals surface area contributed by atoms with Gasteiger partial charge in [-0.2, -0.15) is 0 Å². The van der Waals surface area contributed by atoms with Gasteiger partial charge in [0.2, 0.25) is 0 Å². The molecule has 3 heteroatoms. The molecular formula is C28H38O3. The molecule has 0 radical (unpaired) electrons. The van der Waals surface area contributed by atoms with Crippen LogP contribution < -0.4 is 0 Å². The van der Waals surface area contributed by atoms with E-state index in [9.17, 15) is 15.3 Å². The molecule has 1 aliphatic carbocycles. The van der Waals surface area contributed by atoms with Crippen molar-refractivity contribution in [2.45, 2.75) is 84.0 Å². The van der Waals surface area contributed by atoms with Crippen LogP contribution in [0.1, 0.15) is 79.3 Å². The highest BCUT2D eigenvalue weighted by atomic mass is 16.3. The molecule has 31 heavy (non-hydrogen) atoms. The van der Waals surface area contributed by atoms with Gasteiger partial charge in [0, 0.05) is 0 Å². The average molecular weight is 423 g/mol. The average Bonchev–Trinajstić information content (AvgIpc) is 3.26.